The van der Waals surface area contributed by atoms with E-state index in [4.69, 9.17) is 0 Å². The summed E-state index contributed by atoms with van der Waals surface area (Å²) < 4.78 is 38.3. The maximum Gasteiger partial charge on any atom is 0.245 e. The fraction of sp³-hybridized carbons (Fsp3) is 0.316. The van der Waals surface area contributed by atoms with Crippen LogP contribution in [0.1, 0.15) is 26.3 Å². The second kappa shape index (κ2) is 7.45. The Kier molecular flexibility index (Phi) is 5.71. The van der Waals surface area contributed by atoms with Crippen LogP contribution in [0, 0.1) is 5.82 Å². The van der Waals surface area contributed by atoms with Gasteiger partial charge < -0.3 is 5.32 Å². The number of nitrogens with one attached hydrogen (secondary N) is 1. The van der Waals surface area contributed by atoms with Crippen molar-refractivity contribution < 1.29 is 17.6 Å². The summed E-state index contributed by atoms with van der Waals surface area (Å²) in [4.78, 5) is 12.2. The van der Waals surface area contributed by atoms with Gasteiger partial charge in [-0.2, -0.15) is 0 Å². The van der Waals surface area contributed by atoms with Crippen molar-refractivity contribution in [1.29, 1.82) is 0 Å². The molecule has 26 heavy (non-hydrogen) atoms. The number of sulfonamides is 1. The summed E-state index contributed by atoms with van der Waals surface area (Å²) in [6, 6.07) is 12.3. The lowest BCUT2D eigenvalue weighted by molar-refractivity contribution is -0.114. The Hall–Kier alpha value is -2.41. The summed E-state index contributed by atoms with van der Waals surface area (Å²) in [6.45, 7) is 5.82. The minimum absolute atomic E-state index is 0.0611. The van der Waals surface area contributed by atoms with Gasteiger partial charge in [-0.1, -0.05) is 32.9 Å². The van der Waals surface area contributed by atoms with E-state index >= 15 is 0 Å². The van der Waals surface area contributed by atoms with Crippen molar-refractivity contribution in [3.63, 3.8) is 0 Å². The Morgan fingerprint density at radius 3 is 2.04 bits per heavy atom. The molecule has 5 nitrogen and oxygen atoms in total. The molecule has 2 aromatic carbocycles. The average Bonchev–Trinajstić information content (AvgIpc) is 2.53. The number of rotatable bonds is 5. The summed E-state index contributed by atoms with van der Waals surface area (Å²) >= 11 is 0. The number of hydrogen-bond donors (Lipinski definition) is 1. The second-order valence-electron chi connectivity index (χ2n) is 7.12. The normalized spacial score (nSPS) is 11.9. The van der Waals surface area contributed by atoms with Crippen LogP contribution in [0.2, 0.25) is 0 Å². The van der Waals surface area contributed by atoms with Crippen molar-refractivity contribution in [2.24, 2.45) is 0 Å². The number of nitrogens with zero attached hydrogens (tertiary/aromatic N) is 1. The Morgan fingerprint density at radius 2 is 1.58 bits per heavy atom. The minimum atomic E-state index is -3.65. The molecule has 1 N–H and O–H groups in total. The highest BCUT2D eigenvalue weighted by molar-refractivity contribution is 7.92. The van der Waals surface area contributed by atoms with Gasteiger partial charge in [-0.25, -0.2) is 12.8 Å². The fourth-order valence-electron chi connectivity index (χ4n) is 2.39. The van der Waals surface area contributed by atoms with Crippen molar-refractivity contribution in [3.8, 4) is 0 Å². The van der Waals surface area contributed by atoms with Gasteiger partial charge in [-0.05, 0) is 47.4 Å². The fourth-order valence-corrected chi connectivity index (χ4v) is 3.25. The van der Waals surface area contributed by atoms with Crippen LogP contribution in [0.15, 0.2) is 48.5 Å². The number of amides is 1. The van der Waals surface area contributed by atoms with Crippen LogP contribution >= 0.6 is 0 Å². The first-order chi connectivity index (χ1) is 12.0. The third-order valence-corrected chi connectivity index (χ3v) is 4.98. The predicted molar refractivity (Wildman–Crippen MR) is 102 cm³/mol. The van der Waals surface area contributed by atoms with Gasteiger partial charge in [0.2, 0.25) is 15.9 Å². The van der Waals surface area contributed by atoms with Crippen molar-refractivity contribution in [1.82, 2.24) is 0 Å². The molecule has 0 bridgehead atoms. The summed E-state index contributed by atoms with van der Waals surface area (Å²) in [5, 5.41) is 2.57. The molecule has 0 spiro atoms. The summed E-state index contributed by atoms with van der Waals surface area (Å²) in [5.41, 5.74) is 1.81. The molecular formula is C19H23FN2O3S. The van der Waals surface area contributed by atoms with Crippen LogP contribution in [0.3, 0.4) is 0 Å². The van der Waals surface area contributed by atoms with Gasteiger partial charge in [0.1, 0.15) is 12.4 Å². The highest BCUT2D eigenvalue weighted by atomic mass is 32.2. The molecule has 0 atom stereocenters. The Labute approximate surface area is 153 Å². The van der Waals surface area contributed by atoms with Crippen LogP contribution < -0.4 is 9.62 Å². The van der Waals surface area contributed by atoms with Gasteiger partial charge in [0.15, 0.2) is 0 Å². The Morgan fingerprint density at radius 1 is 1.04 bits per heavy atom. The molecule has 0 aliphatic carbocycles. The van der Waals surface area contributed by atoms with Gasteiger partial charge >= 0.3 is 0 Å². The smallest absolute Gasteiger partial charge is 0.245 e. The summed E-state index contributed by atoms with van der Waals surface area (Å²) in [7, 11) is -3.65. The Balaban J connectivity index is 2.20. The van der Waals surface area contributed by atoms with Gasteiger partial charge in [0.25, 0.3) is 0 Å². The van der Waals surface area contributed by atoms with Gasteiger partial charge in [-0.15, -0.1) is 0 Å². The summed E-state index contributed by atoms with van der Waals surface area (Å²) in [6.07, 6.45) is 1.05. The topological polar surface area (TPSA) is 66.5 Å². The lowest BCUT2D eigenvalue weighted by atomic mass is 9.87. The minimum Gasteiger partial charge on any atom is -0.325 e. The van der Waals surface area contributed by atoms with Gasteiger partial charge in [-0.3, -0.25) is 9.10 Å². The lowest BCUT2D eigenvalue weighted by Gasteiger charge is -2.24. The first-order valence-electron chi connectivity index (χ1n) is 8.10. The van der Waals surface area contributed by atoms with Crippen LogP contribution in [-0.4, -0.2) is 27.1 Å². The molecule has 0 radical (unpaired) electrons. The number of benzene rings is 2. The average molecular weight is 378 g/mol. The molecule has 0 saturated heterocycles. The van der Waals surface area contributed by atoms with E-state index in [1.54, 1.807) is 12.1 Å². The van der Waals surface area contributed by atoms with Crippen LogP contribution in [0.5, 0.6) is 0 Å². The third-order valence-electron chi connectivity index (χ3n) is 3.84. The maximum absolute atomic E-state index is 12.9. The first-order valence-corrected chi connectivity index (χ1v) is 9.95. The summed E-state index contributed by atoms with van der Waals surface area (Å²) in [5.74, 6) is -0.929. The second-order valence-corrected chi connectivity index (χ2v) is 9.03. The van der Waals surface area contributed by atoms with E-state index in [2.05, 4.69) is 26.1 Å². The molecular weight excluding hydrogens is 355 g/mol. The molecule has 0 saturated carbocycles. The predicted octanol–water partition coefficient (Wildman–Crippen LogP) is 3.53. The number of anilines is 2. The molecule has 7 heteroatoms. The monoisotopic (exact) mass is 378 g/mol. The van der Waals surface area contributed by atoms with Crippen molar-refractivity contribution in [2.45, 2.75) is 26.2 Å². The van der Waals surface area contributed by atoms with E-state index in [9.17, 15) is 17.6 Å². The largest absolute Gasteiger partial charge is 0.325 e. The van der Waals surface area contributed by atoms with Crippen LogP contribution in [0.4, 0.5) is 15.8 Å². The lowest BCUT2D eigenvalue weighted by Crippen LogP contribution is -2.37. The molecule has 2 rings (SSSR count). The van der Waals surface area contributed by atoms with Crippen molar-refractivity contribution >= 4 is 27.3 Å². The van der Waals surface area contributed by atoms with Crippen molar-refractivity contribution in [3.05, 3.63) is 59.9 Å². The maximum atomic E-state index is 12.9. The van der Waals surface area contributed by atoms with Gasteiger partial charge in [0, 0.05) is 5.69 Å². The molecule has 0 heterocycles. The van der Waals surface area contributed by atoms with Crippen LogP contribution in [0.25, 0.3) is 0 Å². The molecule has 0 unspecified atom stereocenters. The van der Waals surface area contributed by atoms with Crippen LogP contribution in [-0.2, 0) is 20.2 Å². The molecule has 0 aliphatic heterocycles. The molecule has 1 amide bonds. The zero-order chi connectivity index (χ0) is 19.5. The third kappa shape index (κ3) is 5.29. The van der Waals surface area contributed by atoms with E-state index in [0.29, 0.717) is 11.4 Å². The number of hydrogen-bond acceptors (Lipinski definition) is 3. The standard InChI is InChI=1S/C19H23FN2O3S/c1-19(2,3)14-5-11-17(12-6-14)22(26(4,24)25)13-18(23)21-16-9-7-15(20)8-10-16/h5-12H,13H2,1-4H3,(H,21,23). The van der Waals surface area contributed by atoms with Crippen molar-refractivity contribution in [2.75, 3.05) is 22.4 Å². The number of carbonyl (C=O) groups is 1. The zero-order valence-electron chi connectivity index (χ0n) is 15.3. The van der Waals surface area contributed by atoms with E-state index in [-0.39, 0.29) is 12.0 Å². The first kappa shape index (κ1) is 19.9. The zero-order valence-corrected chi connectivity index (χ0v) is 16.1. The van der Waals surface area contributed by atoms with E-state index in [0.717, 1.165) is 16.1 Å². The van der Waals surface area contributed by atoms with E-state index in [1.807, 2.05) is 12.1 Å². The highest BCUT2D eigenvalue weighted by Gasteiger charge is 2.22. The molecule has 0 fully saturated rings. The Bertz CT molecular complexity index is 870. The molecule has 140 valence electrons. The quantitative estimate of drug-likeness (QED) is 0.866. The van der Waals surface area contributed by atoms with Gasteiger partial charge in [0.05, 0.1) is 11.9 Å². The number of halogens is 1. The molecule has 0 aromatic heterocycles. The SMILES string of the molecule is CC(C)(C)c1ccc(N(CC(=O)Nc2ccc(F)cc2)S(C)(=O)=O)cc1. The number of carbonyl (C=O) groups excluding carboxylic acids is 1. The molecule has 0 aliphatic rings. The van der Waals surface area contributed by atoms with E-state index in [1.165, 1.54) is 24.3 Å². The molecule has 2 aromatic rings. The van der Waals surface area contributed by atoms with E-state index < -0.39 is 21.7 Å². The highest BCUT2D eigenvalue weighted by Crippen LogP contribution is 2.26.